The van der Waals surface area contributed by atoms with Gasteiger partial charge in [-0.15, -0.1) is 11.3 Å². The van der Waals surface area contributed by atoms with Crippen molar-refractivity contribution in [1.29, 1.82) is 0 Å². The van der Waals surface area contributed by atoms with Gasteiger partial charge in [-0.25, -0.2) is 4.98 Å². The van der Waals surface area contributed by atoms with E-state index >= 15 is 0 Å². The van der Waals surface area contributed by atoms with Gasteiger partial charge in [-0.2, -0.15) is 0 Å². The molecule has 2 aromatic carbocycles. The maximum atomic E-state index is 9.73. The van der Waals surface area contributed by atoms with Gasteiger partial charge in [-0.1, -0.05) is 18.2 Å². The van der Waals surface area contributed by atoms with Crippen molar-refractivity contribution in [1.82, 2.24) is 4.98 Å². The van der Waals surface area contributed by atoms with Crippen molar-refractivity contribution in [3.8, 4) is 17.2 Å². The topological polar surface area (TPSA) is 88.6 Å². The molecule has 0 fully saturated rings. The molecule has 24 heavy (non-hydrogen) atoms. The molecule has 0 aliphatic rings. The number of nitrogens with zero attached hydrogens (tertiary/aromatic N) is 1. The van der Waals surface area contributed by atoms with Gasteiger partial charge in [0.1, 0.15) is 5.75 Å². The second-order valence-corrected chi connectivity index (χ2v) is 6.35. The molecule has 0 spiro atoms. The first-order chi connectivity index (χ1) is 11.6. The first kappa shape index (κ1) is 16.1. The van der Waals surface area contributed by atoms with Crippen LogP contribution in [-0.2, 0) is 6.42 Å². The molecule has 5 nitrogen and oxygen atoms in total. The number of nitrogen functional groups attached to an aromatic ring is 1. The van der Waals surface area contributed by atoms with Gasteiger partial charge in [-0.05, 0) is 41.8 Å². The molecule has 6 heteroatoms. The Kier molecular flexibility index (Phi) is 4.57. The summed E-state index contributed by atoms with van der Waals surface area (Å²) in [5, 5.41) is 21.7. The molecule has 0 bridgehead atoms. The molecule has 0 aliphatic carbocycles. The quantitative estimate of drug-likeness (QED) is 0.617. The average molecular weight is 342 g/mol. The van der Waals surface area contributed by atoms with E-state index in [1.54, 1.807) is 19.2 Å². The van der Waals surface area contributed by atoms with Crippen LogP contribution in [0.4, 0.5) is 5.13 Å². The number of rotatable bonds is 5. The number of methoxy groups -OCH3 is 1. The number of thiazole rings is 1. The summed E-state index contributed by atoms with van der Waals surface area (Å²) in [6.07, 6.45) is 0.628. The van der Waals surface area contributed by atoms with E-state index in [1.165, 1.54) is 17.4 Å². The normalized spacial score (nSPS) is 12.0. The zero-order valence-corrected chi connectivity index (χ0v) is 14.0. The van der Waals surface area contributed by atoms with Crippen molar-refractivity contribution in [2.75, 3.05) is 12.8 Å². The second-order valence-electron chi connectivity index (χ2n) is 5.46. The number of benzene rings is 2. The summed E-state index contributed by atoms with van der Waals surface area (Å²) in [6.45, 7) is 0. The molecule has 0 amide bonds. The number of aromatic hydroxyl groups is 2. The smallest absolute Gasteiger partial charge is 0.180 e. The maximum absolute atomic E-state index is 9.73. The van der Waals surface area contributed by atoms with Gasteiger partial charge in [0.2, 0.25) is 0 Å². The zero-order valence-electron chi connectivity index (χ0n) is 13.1. The minimum absolute atomic E-state index is 0.00611. The van der Waals surface area contributed by atoms with Crippen LogP contribution in [0.1, 0.15) is 22.7 Å². The van der Waals surface area contributed by atoms with Crippen LogP contribution in [0.15, 0.2) is 47.8 Å². The van der Waals surface area contributed by atoms with E-state index in [0.717, 1.165) is 22.6 Å². The minimum Gasteiger partial charge on any atom is -0.504 e. The molecule has 3 aromatic rings. The van der Waals surface area contributed by atoms with Crippen LogP contribution in [0, 0.1) is 0 Å². The molecule has 4 N–H and O–H groups in total. The summed E-state index contributed by atoms with van der Waals surface area (Å²) < 4.78 is 5.21. The Morgan fingerprint density at radius 2 is 1.88 bits per heavy atom. The standard InChI is InChI=1S/C18H18N2O3S/c1-23-13-5-3-12(4-6-13)14(15-10-24-18(19)20-15)8-11-2-7-16(21)17(22)9-11/h2-7,9-10,14,21-22H,8H2,1H3,(H2,19,20). The van der Waals surface area contributed by atoms with Crippen LogP contribution < -0.4 is 10.5 Å². The van der Waals surface area contributed by atoms with Crippen LogP contribution in [0.25, 0.3) is 0 Å². The summed E-state index contributed by atoms with van der Waals surface area (Å²) in [5.74, 6) is 0.530. The Morgan fingerprint density at radius 3 is 2.46 bits per heavy atom. The van der Waals surface area contributed by atoms with Crippen molar-refractivity contribution in [3.05, 3.63) is 64.7 Å². The van der Waals surface area contributed by atoms with Crippen molar-refractivity contribution in [2.45, 2.75) is 12.3 Å². The van der Waals surface area contributed by atoms with Crippen LogP contribution in [0.5, 0.6) is 17.2 Å². The SMILES string of the molecule is COc1ccc(C(Cc2ccc(O)c(O)c2)c2csc(N)n2)cc1. The van der Waals surface area contributed by atoms with Crippen molar-refractivity contribution in [2.24, 2.45) is 0 Å². The molecule has 1 unspecified atom stereocenters. The van der Waals surface area contributed by atoms with E-state index in [1.807, 2.05) is 29.6 Å². The number of hydrogen-bond acceptors (Lipinski definition) is 6. The Bertz CT molecular complexity index is 831. The number of anilines is 1. The van der Waals surface area contributed by atoms with Crippen molar-refractivity contribution >= 4 is 16.5 Å². The van der Waals surface area contributed by atoms with Gasteiger partial charge in [-0.3, -0.25) is 0 Å². The Morgan fingerprint density at radius 1 is 1.12 bits per heavy atom. The van der Waals surface area contributed by atoms with Gasteiger partial charge in [0.05, 0.1) is 12.8 Å². The van der Waals surface area contributed by atoms with E-state index in [9.17, 15) is 10.2 Å². The highest BCUT2D eigenvalue weighted by Gasteiger charge is 2.19. The molecule has 3 rings (SSSR count). The lowest BCUT2D eigenvalue weighted by atomic mass is 9.89. The lowest BCUT2D eigenvalue weighted by Gasteiger charge is -2.16. The lowest BCUT2D eigenvalue weighted by Crippen LogP contribution is -2.06. The molecule has 0 saturated carbocycles. The van der Waals surface area contributed by atoms with Crippen molar-refractivity contribution < 1.29 is 14.9 Å². The average Bonchev–Trinajstić information content (AvgIpc) is 3.02. The summed E-state index contributed by atoms with van der Waals surface area (Å²) in [5.41, 5.74) is 8.65. The van der Waals surface area contributed by atoms with E-state index in [0.29, 0.717) is 11.6 Å². The van der Waals surface area contributed by atoms with Crippen LogP contribution >= 0.6 is 11.3 Å². The predicted octanol–water partition coefficient (Wildman–Crippen LogP) is 3.52. The number of aromatic nitrogens is 1. The Hall–Kier alpha value is -2.73. The second kappa shape index (κ2) is 6.80. The molecule has 0 aliphatic heterocycles. The van der Waals surface area contributed by atoms with Crippen LogP contribution in [-0.4, -0.2) is 22.3 Å². The van der Waals surface area contributed by atoms with E-state index in [-0.39, 0.29) is 17.4 Å². The number of phenolic OH excluding ortho intramolecular Hbond substituents is 2. The molecule has 1 aromatic heterocycles. The Balaban J connectivity index is 1.96. The molecular weight excluding hydrogens is 324 g/mol. The van der Waals surface area contributed by atoms with E-state index in [2.05, 4.69) is 4.98 Å². The first-order valence-electron chi connectivity index (χ1n) is 7.42. The summed E-state index contributed by atoms with van der Waals surface area (Å²) in [6, 6.07) is 12.7. The van der Waals surface area contributed by atoms with Crippen LogP contribution in [0.3, 0.4) is 0 Å². The number of phenols is 2. The number of hydrogen-bond donors (Lipinski definition) is 3. The summed E-state index contributed by atoms with van der Waals surface area (Å²) in [7, 11) is 1.63. The maximum Gasteiger partial charge on any atom is 0.180 e. The van der Waals surface area contributed by atoms with Gasteiger partial charge in [0, 0.05) is 11.3 Å². The molecule has 0 radical (unpaired) electrons. The molecule has 1 heterocycles. The molecule has 0 saturated heterocycles. The van der Waals surface area contributed by atoms with Gasteiger partial charge >= 0.3 is 0 Å². The highest BCUT2D eigenvalue weighted by Crippen LogP contribution is 2.33. The Labute approximate surface area is 144 Å². The highest BCUT2D eigenvalue weighted by atomic mass is 32.1. The monoisotopic (exact) mass is 342 g/mol. The van der Waals surface area contributed by atoms with Gasteiger partial charge < -0.3 is 20.7 Å². The lowest BCUT2D eigenvalue weighted by molar-refractivity contribution is 0.403. The van der Waals surface area contributed by atoms with E-state index in [4.69, 9.17) is 10.5 Å². The fourth-order valence-electron chi connectivity index (χ4n) is 2.62. The number of nitrogens with two attached hydrogens (primary N) is 1. The molecule has 1 atom stereocenters. The zero-order chi connectivity index (χ0) is 17.1. The van der Waals surface area contributed by atoms with Crippen molar-refractivity contribution in [3.63, 3.8) is 0 Å². The van der Waals surface area contributed by atoms with Gasteiger partial charge in [0.25, 0.3) is 0 Å². The fraction of sp³-hybridized carbons (Fsp3) is 0.167. The first-order valence-corrected chi connectivity index (χ1v) is 8.30. The largest absolute Gasteiger partial charge is 0.504 e. The predicted molar refractivity (Wildman–Crippen MR) is 94.8 cm³/mol. The van der Waals surface area contributed by atoms with E-state index < -0.39 is 0 Å². The summed E-state index contributed by atoms with van der Waals surface area (Å²) >= 11 is 1.40. The third kappa shape index (κ3) is 3.44. The summed E-state index contributed by atoms with van der Waals surface area (Å²) in [4.78, 5) is 4.42. The molecule has 124 valence electrons. The fourth-order valence-corrected chi connectivity index (χ4v) is 3.24. The van der Waals surface area contributed by atoms with Gasteiger partial charge in [0.15, 0.2) is 16.6 Å². The third-order valence-electron chi connectivity index (χ3n) is 3.89. The molecular formula is C18H18N2O3S. The minimum atomic E-state index is -0.127. The van der Waals surface area contributed by atoms with Crippen LogP contribution in [0.2, 0.25) is 0 Å². The highest BCUT2D eigenvalue weighted by molar-refractivity contribution is 7.13. The third-order valence-corrected chi connectivity index (χ3v) is 4.59. The number of ether oxygens (including phenoxy) is 1.